The van der Waals surface area contributed by atoms with Crippen LogP contribution in [0, 0.1) is 11.7 Å². The van der Waals surface area contributed by atoms with E-state index in [1.54, 1.807) is 0 Å². The molecule has 0 saturated heterocycles. The number of pyridine rings is 1. The summed E-state index contributed by atoms with van der Waals surface area (Å²) >= 11 is 0. The lowest BCUT2D eigenvalue weighted by atomic mass is 9.93. The van der Waals surface area contributed by atoms with Gasteiger partial charge >= 0.3 is 0 Å². The van der Waals surface area contributed by atoms with Gasteiger partial charge in [-0.25, -0.2) is 14.3 Å². The average Bonchev–Trinajstić information content (AvgIpc) is 2.76. The van der Waals surface area contributed by atoms with E-state index in [4.69, 9.17) is 0 Å². The molecule has 1 unspecified atom stereocenters. The minimum absolute atomic E-state index is 0.138. The molecule has 0 spiro atoms. The Hall–Kier alpha value is -2.57. The third-order valence-corrected chi connectivity index (χ3v) is 3.25. The average molecular weight is 274 g/mol. The van der Waals surface area contributed by atoms with Crippen molar-refractivity contribution in [1.29, 1.82) is 0 Å². The van der Waals surface area contributed by atoms with Gasteiger partial charge in [-0.1, -0.05) is 6.92 Å². The van der Waals surface area contributed by atoms with E-state index in [-0.39, 0.29) is 23.9 Å². The summed E-state index contributed by atoms with van der Waals surface area (Å²) in [7, 11) is 0. The molecule has 0 bridgehead atoms. The van der Waals surface area contributed by atoms with Gasteiger partial charge in [0.05, 0.1) is 23.0 Å². The maximum atomic E-state index is 13.2. The maximum absolute atomic E-state index is 13.2. The van der Waals surface area contributed by atoms with Crippen molar-refractivity contribution in [1.82, 2.24) is 15.0 Å². The molecule has 1 aliphatic heterocycles. The van der Waals surface area contributed by atoms with E-state index in [1.165, 1.54) is 22.8 Å². The molecule has 7 heteroatoms. The second-order valence-corrected chi connectivity index (χ2v) is 4.69. The maximum Gasteiger partial charge on any atom is 0.240 e. The normalized spacial score (nSPS) is 18.8. The zero-order chi connectivity index (χ0) is 14.3. The third-order valence-electron chi connectivity index (χ3n) is 3.25. The zero-order valence-corrected chi connectivity index (χ0v) is 10.6. The Kier molecular flexibility index (Phi) is 2.81. The molecule has 0 aliphatic carbocycles. The monoisotopic (exact) mass is 274 g/mol. The number of rotatable bonds is 2. The van der Waals surface area contributed by atoms with Crippen molar-refractivity contribution in [2.24, 2.45) is 11.0 Å². The molecule has 20 heavy (non-hydrogen) atoms. The van der Waals surface area contributed by atoms with Gasteiger partial charge in [0.15, 0.2) is 6.29 Å². The lowest BCUT2D eigenvalue weighted by Gasteiger charge is -2.18. The predicted molar refractivity (Wildman–Crippen MR) is 69.0 cm³/mol. The van der Waals surface area contributed by atoms with Crippen LogP contribution in [0.1, 0.15) is 29.4 Å². The van der Waals surface area contributed by atoms with Gasteiger partial charge < -0.3 is 0 Å². The van der Waals surface area contributed by atoms with Gasteiger partial charge in [-0.15, -0.1) is 0 Å². The molecular formula is C13H11FN4O2. The predicted octanol–water partition coefficient (Wildman–Crippen LogP) is 1.15. The van der Waals surface area contributed by atoms with Crippen LogP contribution in [-0.2, 0) is 4.79 Å². The van der Waals surface area contributed by atoms with Crippen molar-refractivity contribution in [2.45, 2.75) is 13.3 Å². The molecule has 2 aromatic rings. The fourth-order valence-corrected chi connectivity index (χ4v) is 2.34. The minimum Gasteiger partial charge on any atom is -0.296 e. The summed E-state index contributed by atoms with van der Waals surface area (Å²) in [6.45, 7) is 1.85. The highest BCUT2D eigenvalue weighted by Crippen LogP contribution is 2.23. The van der Waals surface area contributed by atoms with Gasteiger partial charge in [-0.05, 0) is 12.1 Å². The fraction of sp³-hybridized carbons (Fsp3) is 0.231. The van der Waals surface area contributed by atoms with Crippen LogP contribution in [0.15, 0.2) is 23.4 Å². The number of carbonyl (C=O) groups is 2. The van der Waals surface area contributed by atoms with E-state index in [0.29, 0.717) is 23.1 Å². The Balaban J connectivity index is 2.24. The summed E-state index contributed by atoms with van der Waals surface area (Å²) in [5.74, 6) is -0.757. The number of nitrogens with zero attached hydrogens (tertiary/aromatic N) is 3. The summed E-state index contributed by atoms with van der Waals surface area (Å²) in [6.07, 6.45) is 2.08. The molecule has 0 fully saturated rings. The highest BCUT2D eigenvalue weighted by Gasteiger charge is 2.27. The Labute approximate surface area is 113 Å². The van der Waals surface area contributed by atoms with Gasteiger partial charge in [0.2, 0.25) is 5.91 Å². The molecule has 0 saturated carbocycles. The number of fused-ring (bicyclic) bond motifs is 1. The number of nitrogens with one attached hydrogen (secondary N) is 1. The SMILES string of the molecule is CC1CC(=O)NN=C1c1c(C=O)nn2cc(F)ccc12. The van der Waals surface area contributed by atoms with E-state index in [1.807, 2.05) is 6.92 Å². The van der Waals surface area contributed by atoms with E-state index in [9.17, 15) is 14.0 Å². The number of hydrogen-bond donors (Lipinski definition) is 1. The Morgan fingerprint density at radius 1 is 1.50 bits per heavy atom. The standard InChI is InChI=1S/C13H11FN4O2/c1-7-4-11(20)15-16-13(7)12-9(6-19)17-18-5-8(14)2-3-10(12)18/h2-3,5-7H,4H2,1H3,(H,15,20). The highest BCUT2D eigenvalue weighted by atomic mass is 19.1. The van der Waals surface area contributed by atoms with Crippen LogP contribution in [0.25, 0.3) is 5.52 Å². The van der Waals surface area contributed by atoms with E-state index >= 15 is 0 Å². The molecule has 1 aliphatic rings. The first-order chi connectivity index (χ1) is 9.60. The number of aromatic nitrogens is 2. The number of halogens is 1. The van der Waals surface area contributed by atoms with Crippen LogP contribution in [0.5, 0.6) is 0 Å². The summed E-state index contributed by atoms with van der Waals surface area (Å²) in [6, 6.07) is 2.83. The summed E-state index contributed by atoms with van der Waals surface area (Å²) in [5.41, 5.74) is 4.27. The Bertz CT molecular complexity index is 750. The van der Waals surface area contributed by atoms with E-state index in [0.717, 1.165) is 0 Å². The third kappa shape index (κ3) is 1.87. The zero-order valence-electron chi connectivity index (χ0n) is 10.6. The molecule has 102 valence electrons. The number of amides is 1. The van der Waals surface area contributed by atoms with Crippen molar-refractivity contribution in [2.75, 3.05) is 0 Å². The molecule has 1 amide bonds. The molecule has 1 N–H and O–H groups in total. The van der Waals surface area contributed by atoms with Crippen molar-refractivity contribution in [3.05, 3.63) is 35.4 Å². The second kappa shape index (κ2) is 4.52. The Morgan fingerprint density at radius 2 is 2.30 bits per heavy atom. The topological polar surface area (TPSA) is 75.8 Å². The minimum atomic E-state index is -0.448. The fourth-order valence-electron chi connectivity index (χ4n) is 2.34. The second-order valence-electron chi connectivity index (χ2n) is 4.69. The quantitative estimate of drug-likeness (QED) is 0.834. The van der Waals surface area contributed by atoms with Crippen LogP contribution in [0.3, 0.4) is 0 Å². The first-order valence-corrected chi connectivity index (χ1v) is 6.10. The number of carbonyl (C=O) groups excluding carboxylic acids is 2. The van der Waals surface area contributed by atoms with Crippen molar-refractivity contribution in [3.63, 3.8) is 0 Å². The highest BCUT2D eigenvalue weighted by molar-refractivity contribution is 6.13. The van der Waals surface area contributed by atoms with Gasteiger partial charge in [-0.2, -0.15) is 10.2 Å². The summed E-state index contributed by atoms with van der Waals surface area (Å²) in [5, 5.41) is 8.06. The van der Waals surface area contributed by atoms with E-state index < -0.39 is 5.82 Å². The van der Waals surface area contributed by atoms with Gasteiger partial charge in [0.1, 0.15) is 11.5 Å². The lowest BCUT2D eigenvalue weighted by Crippen LogP contribution is -2.32. The van der Waals surface area contributed by atoms with Gasteiger partial charge in [0.25, 0.3) is 0 Å². The smallest absolute Gasteiger partial charge is 0.240 e. The van der Waals surface area contributed by atoms with Gasteiger partial charge in [0, 0.05) is 12.3 Å². The van der Waals surface area contributed by atoms with Crippen LogP contribution in [0.4, 0.5) is 4.39 Å². The lowest BCUT2D eigenvalue weighted by molar-refractivity contribution is -0.121. The summed E-state index contributed by atoms with van der Waals surface area (Å²) < 4.78 is 14.5. The summed E-state index contributed by atoms with van der Waals surface area (Å²) in [4.78, 5) is 22.5. The number of hydrazone groups is 1. The van der Waals surface area contributed by atoms with Crippen LogP contribution >= 0.6 is 0 Å². The molecule has 3 heterocycles. The van der Waals surface area contributed by atoms with Crippen LogP contribution in [0.2, 0.25) is 0 Å². The van der Waals surface area contributed by atoms with Crippen LogP contribution in [-0.4, -0.2) is 27.5 Å². The number of hydrogen-bond acceptors (Lipinski definition) is 4. The van der Waals surface area contributed by atoms with Gasteiger partial charge in [-0.3, -0.25) is 9.59 Å². The number of aldehydes is 1. The molecular weight excluding hydrogens is 263 g/mol. The largest absolute Gasteiger partial charge is 0.296 e. The van der Waals surface area contributed by atoms with Crippen molar-refractivity contribution >= 4 is 23.4 Å². The van der Waals surface area contributed by atoms with Crippen molar-refractivity contribution in [3.8, 4) is 0 Å². The molecule has 0 radical (unpaired) electrons. The molecule has 1 atom stereocenters. The van der Waals surface area contributed by atoms with Crippen LogP contribution < -0.4 is 5.43 Å². The first kappa shape index (κ1) is 12.5. The Morgan fingerprint density at radius 3 is 3.00 bits per heavy atom. The molecule has 3 rings (SSSR count). The van der Waals surface area contributed by atoms with Crippen molar-refractivity contribution < 1.29 is 14.0 Å². The first-order valence-electron chi connectivity index (χ1n) is 6.10. The molecule has 6 nitrogen and oxygen atoms in total. The molecule has 2 aromatic heterocycles. The molecule has 0 aromatic carbocycles. The van der Waals surface area contributed by atoms with E-state index in [2.05, 4.69) is 15.6 Å².